The molecule has 21 heavy (non-hydrogen) atoms. The molecular weight excluding hydrogens is 276 g/mol. The number of nitro groups is 1. The van der Waals surface area contributed by atoms with Crippen molar-refractivity contribution in [2.75, 3.05) is 20.2 Å². The lowest BCUT2D eigenvalue weighted by molar-refractivity contribution is -0.385. The smallest absolute Gasteiger partial charge is 0.342 e. The van der Waals surface area contributed by atoms with Gasteiger partial charge in [0.2, 0.25) is 0 Å². The molecule has 0 amide bonds. The Morgan fingerprint density at radius 1 is 1.57 bits per heavy atom. The maximum absolute atomic E-state index is 10.9. The van der Waals surface area contributed by atoms with E-state index in [0.29, 0.717) is 18.4 Å². The molecular formula is C14H18N2O5. The third kappa shape index (κ3) is 3.69. The fraction of sp³-hybridized carbons (Fsp3) is 0.500. The summed E-state index contributed by atoms with van der Waals surface area (Å²) in [4.78, 5) is 23.4. The average Bonchev–Trinajstić information content (AvgIpc) is 2.84. The molecule has 1 N–H and O–H groups in total. The quantitative estimate of drug-likeness (QED) is 0.638. The van der Waals surface area contributed by atoms with E-state index in [1.807, 2.05) is 0 Å². The maximum Gasteiger partial charge on any atom is 0.342 e. The van der Waals surface area contributed by atoms with Crippen LogP contribution in [-0.4, -0.2) is 47.1 Å². The second-order valence-electron chi connectivity index (χ2n) is 5.16. The first-order valence-corrected chi connectivity index (χ1v) is 6.84. The number of carboxylic acid groups (broad SMARTS) is 1. The fourth-order valence-electron chi connectivity index (χ4n) is 2.59. The first kappa shape index (κ1) is 15.2. The van der Waals surface area contributed by atoms with Gasteiger partial charge in [-0.05, 0) is 45.0 Å². The van der Waals surface area contributed by atoms with E-state index in [1.54, 1.807) is 0 Å². The van der Waals surface area contributed by atoms with Crippen molar-refractivity contribution < 1.29 is 19.6 Å². The fourth-order valence-corrected chi connectivity index (χ4v) is 2.59. The second kappa shape index (κ2) is 6.53. The lowest BCUT2D eigenvalue weighted by Crippen LogP contribution is -2.26. The number of carboxylic acids is 1. The minimum absolute atomic E-state index is 0.326. The third-order valence-electron chi connectivity index (χ3n) is 3.79. The summed E-state index contributed by atoms with van der Waals surface area (Å²) in [5, 5.41) is 19.8. The van der Waals surface area contributed by atoms with Gasteiger partial charge >= 0.3 is 5.97 Å². The number of aromatic carboxylic acids is 1. The topological polar surface area (TPSA) is 92.9 Å². The lowest BCUT2D eigenvalue weighted by atomic mass is 10.1. The van der Waals surface area contributed by atoms with Crippen LogP contribution in [0.3, 0.4) is 0 Å². The van der Waals surface area contributed by atoms with Crippen molar-refractivity contribution in [2.24, 2.45) is 0 Å². The summed E-state index contributed by atoms with van der Waals surface area (Å²) in [5.41, 5.74) is -0.777. The van der Waals surface area contributed by atoms with Crippen molar-refractivity contribution in [2.45, 2.75) is 25.3 Å². The van der Waals surface area contributed by atoms with Gasteiger partial charge in [0.25, 0.3) is 5.69 Å². The Hall–Kier alpha value is -2.15. The number of nitro benzene ring substituents is 1. The van der Waals surface area contributed by atoms with Crippen molar-refractivity contribution in [3.8, 4) is 5.75 Å². The largest absolute Gasteiger partial charge is 0.493 e. The van der Waals surface area contributed by atoms with Crippen LogP contribution in [0.1, 0.15) is 29.6 Å². The number of benzene rings is 1. The highest BCUT2D eigenvalue weighted by Crippen LogP contribution is 2.25. The van der Waals surface area contributed by atoms with Gasteiger partial charge in [-0.2, -0.15) is 0 Å². The molecule has 1 saturated heterocycles. The SMILES string of the molecule is CN1CCCC1CCOc1ccc(C(=O)O)c([N+](=O)[O-])c1. The van der Waals surface area contributed by atoms with Crippen LogP contribution in [0.25, 0.3) is 0 Å². The first-order chi connectivity index (χ1) is 9.99. The van der Waals surface area contributed by atoms with Crippen LogP contribution in [0, 0.1) is 10.1 Å². The zero-order valence-corrected chi connectivity index (χ0v) is 11.8. The van der Waals surface area contributed by atoms with Gasteiger partial charge in [0.05, 0.1) is 17.6 Å². The molecule has 1 aliphatic heterocycles. The highest BCUT2D eigenvalue weighted by atomic mass is 16.6. The molecule has 0 bridgehead atoms. The normalized spacial score (nSPS) is 18.6. The van der Waals surface area contributed by atoms with E-state index in [4.69, 9.17) is 9.84 Å². The standard InChI is InChI=1S/C14H18N2O5/c1-15-7-2-3-10(15)6-8-21-11-4-5-12(14(17)18)13(9-11)16(19)20/h4-5,9-10H,2-3,6-8H2,1H3,(H,17,18). The summed E-state index contributed by atoms with van der Waals surface area (Å²) < 4.78 is 5.52. The van der Waals surface area contributed by atoms with Crippen LogP contribution in [0.2, 0.25) is 0 Å². The van der Waals surface area contributed by atoms with E-state index >= 15 is 0 Å². The molecule has 114 valence electrons. The molecule has 0 aliphatic carbocycles. The van der Waals surface area contributed by atoms with Crippen molar-refractivity contribution in [1.82, 2.24) is 4.90 Å². The minimum atomic E-state index is -1.32. The van der Waals surface area contributed by atoms with Gasteiger partial charge < -0.3 is 14.7 Å². The van der Waals surface area contributed by atoms with Gasteiger partial charge in [-0.3, -0.25) is 10.1 Å². The van der Waals surface area contributed by atoms with Gasteiger partial charge in [-0.25, -0.2) is 4.79 Å². The van der Waals surface area contributed by atoms with Crippen LogP contribution in [0.5, 0.6) is 5.75 Å². The number of carbonyl (C=O) groups is 1. The maximum atomic E-state index is 10.9. The van der Waals surface area contributed by atoms with Crippen molar-refractivity contribution in [3.05, 3.63) is 33.9 Å². The van der Waals surface area contributed by atoms with E-state index in [-0.39, 0.29) is 5.56 Å². The van der Waals surface area contributed by atoms with Gasteiger partial charge in [-0.1, -0.05) is 0 Å². The van der Waals surface area contributed by atoms with Crippen LogP contribution in [0.15, 0.2) is 18.2 Å². The van der Waals surface area contributed by atoms with Gasteiger partial charge in [0.1, 0.15) is 11.3 Å². The molecule has 1 atom stereocenters. The number of nitrogens with zero attached hydrogens (tertiary/aromatic N) is 2. The minimum Gasteiger partial charge on any atom is -0.493 e. The molecule has 7 heteroatoms. The van der Waals surface area contributed by atoms with Crippen molar-refractivity contribution >= 4 is 11.7 Å². The number of ether oxygens (including phenoxy) is 1. The molecule has 2 rings (SSSR count). The Bertz CT molecular complexity index is 546. The average molecular weight is 294 g/mol. The van der Waals surface area contributed by atoms with Crippen LogP contribution < -0.4 is 4.74 Å². The van der Waals surface area contributed by atoms with E-state index < -0.39 is 16.6 Å². The van der Waals surface area contributed by atoms with Crippen molar-refractivity contribution in [1.29, 1.82) is 0 Å². The zero-order chi connectivity index (χ0) is 15.4. The molecule has 0 radical (unpaired) electrons. The Morgan fingerprint density at radius 2 is 2.33 bits per heavy atom. The molecule has 1 heterocycles. The summed E-state index contributed by atoms with van der Waals surface area (Å²) in [5.74, 6) is -0.992. The zero-order valence-electron chi connectivity index (χ0n) is 11.8. The molecule has 1 aliphatic rings. The molecule has 1 unspecified atom stereocenters. The Kier molecular flexibility index (Phi) is 4.74. The molecule has 1 aromatic carbocycles. The molecule has 7 nitrogen and oxygen atoms in total. The van der Waals surface area contributed by atoms with E-state index in [1.165, 1.54) is 24.6 Å². The second-order valence-corrected chi connectivity index (χ2v) is 5.16. The summed E-state index contributed by atoms with van der Waals surface area (Å²) in [6.07, 6.45) is 3.17. The van der Waals surface area contributed by atoms with E-state index in [2.05, 4.69) is 11.9 Å². The van der Waals surface area contributed by atoms with Gasteiger partial charge in [-0.15, -0.1) is 0 Å². The predicted molar refractivity (Wildman–Crippen MR) is 75.8 cm³/mol. The highest BCUT2D eigenvalue weighted by molar-refractivity contribution is 5.92. The van der Waals surface area contributed by atoms with Gasteiger partial charge in [0, 0.05) is 6.04 Å². The van der Waals surface area contributed by atoms with Crippen LogP contribution in [0.4, 0.5) is 5.69 Å². The van der Waals surface area contributed by atoms with E-state index in [0.717, 1.165) is 19.4 Å². The summed E-state index contributed by atoms with van der Waals surface area (Å²) in [6.45, 7) is 1.54. The Labute approximate surface area is 122 Å². The Balaban J connectivity index is 1.99. The predicted octanol–water partition coefficient (Wildman–Crippen LogP) is 2.16. The molecule has 0 spiro atoms. The summed E-state index contributed by atoms with van der Waals surface area (Å²) in [6, 6.07) is 4.31. The molecule has 1 fully saturated rings. The highest BCUT2D eigenvalue weighted by Gasteiger charge is 2.22. The summed E-state index contributed by atoms with van der Waals surface area (Å²) >= 11 is 0. The lowest BCUT2D eigenvalue weighted by Gasteiger charge is -2.19. The van der Waals surface area contributed by atoms with E-state index in [9.17, 15) is 14.9 Å². The number of hydrogen-bond acceptors (Lipinski definition) is 5. The number of rotatable bonds is 6. The number of hydrogen-bond donors (Lipinski definition) is 1. The molecule has 0 aromatic heterocycles. The first-order valence-electron chi connectivity index (χ1n) is 6.84. The number of likely N-dealkylation sites (tertiary alicyclic amines) is 1. The van der Waals surface area contributed by atoms with Crippen LogP contribution >= 0.6 is 0 Å². The van der Waals surface area contributed by atoms with Gasteiger partial charge in [0.15, 0.2) is 0 Å². The molecule has 0 saturated carbocycles. The van der Waals surface area contributed by atoms with Crippen LogP contribution in [-0.2, 0) is 0 Å². The summed E-state index contributed by atoms with van der Waals surface area (Å²) in [7, 11) is 2.07. The third-order valence-corrected chi connectivity index (χ3v) is 3.79. The monoisotopic (exact) mass is 294 g/mol. The Morgan fingerprint density at radius 3 is 2.90 bits per heavy atom. The van der Waals surface area contributed by atoms with Crippen molar-refractivity contribution in [3.63, 3.8) is 0 Å². The molecule has 1 aromatic rings.